The highest BCUT2D eigenvalue weighted by Gasteiger charge is 2.29. The zero-order chi connectivity index (χ0) is 24.9. The van der Waals surface area contributed by atoms with Crippen LogP contribution < -0.4 is 20.4 Å². The van der Waals surface area contributed by atoms with Crippen LogP contribution in [0.3, 0.4) is 0 Å². The maximum absolute atomic E-state index is 10.0. The van der Waals surface area contributed by atoms with Crippen molar-refractivity contribution in [2.75, 3.05) is 61.6 Å². The molecule has 12 heteroatoms. The molecule has 12 nitrogen and oxygen atoms in total. The molecule has 0 aromatic carbocycles. The van der Waals surface area contributed by atoms with E-state index in [9.17, 15) is 5.11 Å². The van der Waals surface area contributed by atoms with Crippen LogP contribution in [0.5, 0.6) is 0 Å². The number of nitrogens with zero attached hydrogens (tertiary/aromatic N) is 8. The van der Waals surface area contributed by atoms with Gasteiger partial charge in [-0.25, -0.2) is 15.0 Å². The molecule has 3 aromatic heterocycles. The fourth-order valence-corrected chi connectivity index (χ4v) is 4.95. The van der Waals surface area contributed by atoms with E-state index in [0.29, 0.717) is 43.4 Å². The first-order valence-corrected chi connectivity index (χ1v) is 12.9. The van der Waals surface area contributed by atoms with Crippen LogP contribution in [0.2, 0.25) is 0 Å². The highest BCUT2D eigenvalue weighted by molar-refractivity contribution is 5.96. The largest absolute Gasteiger partial charge is 0.393 e. The second-order valence-corrected chi connectivity index (χ2v) is 9.34. The average Bonchev–Trinajstić information content (AvgIpc) is 3.29. The molecular weight excluding hydrogens is 460 g/mol. The van der Waals surface area contributed by atoms with Gasteiger partial charge in [0.2, 0.25) is 5.95 Å². The van der Waals surface area contributed by atoms with Gasteiger partial charge in [0, 0.05) is 52.1 Å². The second kappa shape index (κ2) is 11.3. The number of aliphatic hydroxyl groups excluding tert-OH is 1. The molecule has 5 rings (SSSR count). The molecule has 0 radical (unpaired) electrons. The van der Waals surface area contributed by atoms with Gasteiger partial charge in [0.1, 0.15) is 23.2 Å². The number of piperazine rings is 1. The Kier molecular flexibility index (Phi) is 7.73. The van der Waals surface area contributed by atoms with Gasteiger partial charge in [-0.3, -0.25) is 4.68 Å². The number of aromatic nitrogens is 6. The minimum atomic E-state index is -0.208. The summed E-state index contributed by atoms with van der Waals surface area (Å²) in [6.45, 7) is 7.21. The Morgan fingerprint density at radius 2 is 2.00 bits per heavy atom. The minimum Gasteiger partial charge on any atom is -0.393 e. The third-order valence-corrected chi connectivity index (χ3v) is 6.99. The van der Waals surface area contributed by atoms with Gasteiger partial charge in [-0.15, -0.1) is 0 Å². The lowest BCUT2D eigenvalue weighted by atomic mass is 9.92. The maximum Gasteiger partial charge on any atom is 0.228 e. The van der Waals surface area contributed by atoms with Crippen LogP contribution in [0.4, 0.5) is 23.4 Å². The van der Waals surface area contributed by atoms with Crippen LogP contribution in [0.1, 0.15) is 32.6 Å². The van der Waals surface area contributed by atoms with E-state index in [1.807, 2.05) is 17.7 Å². The normalized spacial score (nSPS) is 20.6. The average molecular weight is 497 g/mol. The summed E-state index contributed by atoms with van der Waals surface area (Å²) in [4.78, 5) is 22.9. The number of rotatable bonds is 9. The van der Waals surface area contributed by atoms with Crippen molar-refractivity contribution < 1.29 is 9.84 Å². The van der Waals surface area contributed by atoms with E-state index >= 15 is 0 Å². The monoisotopic (exact) mass is 496 g/mol. The van der Waals surface area contributed by atoms with Crippen molar-refractivity contribution >= 4 is 34.4 Å². The Morgan fingerprint density at radius 3 is 2.72 bits per heavy atom. The summed E-state index contributed by atoms with van der Waals surface area (Å²) in [5.41, 5.74) is 1.63. The first-order chi connectivity index (χ1) is 17.6. The lowest BCUT2D eigenvalue weighted by Crippen LogP contribution is -2.44. The first kappa shape index (κ1) is 24.6. The number of ether oxygens (including phenoxy) is 1. The summed E-state index contributed by atoms with van der Waals surface area (Å²) in [6.07, 6.45) is 6.47. The van der Waals surface area contributed by atoms with Gasteiger partial charge in [0.05, 0.1) is 19.3 Å². The van der Waals surface area contributed by atoms with Gasteiger partial charge in [-0.05, 0) is 38.7 Å². The number of aliphatic hydroxyl groups is 1. The molecule has 0 spiro atoms. The molecule has 2 aliphatic rings. The van der Waals surface area contributed by atoms with Crippen molar-refractivity contribution in [2.24, 2.45) is 0 Å². The summed E-state index contributed by atoms with van der Waals surface area (Å²) in [5, 5.41) is 21.9. The van der Waals surface area contributed by atoms with Gasteiger partial charge in [-0.1, -0.05) is 0 Å². The molecular formula is C24H36N10O2. The van der Waals surface area contributed by atoms with E-state index in [1.165, 1.54) is 6.33 Å². The molecule has 4 heterocycles. The third kappa shape index (κ3) is 5.35. The minimum absolute atomic E-state index is 0.208. The fourth-order valence-electron chi connectivity index (χ4n) is 4.95. The molecule has 0 bridgehead atoms. The Balaban J connectivity index is 1.61. The van der Waals surface area contributed by atoms with Crippen molar-refractivity contribution in [1.29, 1.82) is 0 Å². The summed E-state index contributed by atoms with van der Waals surface area (Å²) in [7, 11) is 2.08. The van der Waals surface area contributed by atoms with Gasteiger partial charge < -0.3 is 30.3 Å². The second-order valence-electron chi connectivity index (χ2n) is 9.34. The predicted molar refractivity (Wildman–Crippen MR) is 139 cm³/mol. The van der Waals surface area contributed by atoms with Crippen molar-refractivity contribution in [1.82, 2.24) is 35.0 Å². The fraction of sp³-hybridized carbons (Fsp3) is 0.625. The number of fused-ring (bicyclic) bond motifs is 1. The van der Waals surface area contributed by atoms with Crippen LogP contribution in [0, 0.1) is 0 Å². The lowest BCUT2D eigenvalue weighted by molar-refractivity contribution is 0.122. The van der Waals surface area contributed by atoms with Crippen molar-refractivity contribution in [3.63, 3.8) is 0 Å². The Morgan fingerprint density at radius 1 is 1.19 bits per heavy atom. The summed E-state index contributed by atoms with van der Waals surface area (Å²) in [6, 6.07) is 2.11. The highest BCUT2D eigenvalue weighted by Crippen LogP contribution is 2.35. The molecule has 3 N–H and O–H groups in total. The zero-order valence-corrected chi connectivity index (χ0v) is 21.1. The van der Waals surface area contributed by atoms with Crippen LogP contribution in [0.25, 0.3) is 11.0 Å². The summed E-state index contributed by atoms with van der Waals surface area (Å²) in [5.74, 6) is 2.82. The van der Waals surface area contributed by atoms with E-state index < -0.39 is 0 Å². The van der Waals surface area contributed by atoms with Crippen molar-refractivity contribution in [2.45, 2.75) is 51.3 Å². The van der Waals surface area contributed by atoms with Crippen molar-refractivity contribution in [3.8, 4) is 0 Å². The molecule has 1 saturated carbocycles. The molecule has 0 amide bonds. The maximum atomic E-state index is 10.0. The first-order valence-electron chi connectivity index (χ1n) is 12.9. The molecule has 2 fully saturated rings. The van der Waals surface area contributed by atoms with E-state index in [1.54, 1.807) is 6.20 Å². The van der Waals surface area contributed by atoms with Crippen LogP contribution in [0.15, 0.2) is 18.6 Å². The van der Waals surface area contributed by atoms with Crippen LogP contribution >= 0.6 is 0 Å². The summed E-state index contributed by atoms with van der Waals surface area (Å²) >= 11 is 0. The standard InChI is InChI=1S/C24H36N10O2/c1-3-36-15-14-34-21-20(23(31-34)32(2)17-4-6-18(35)7-5-17)29-24(33-12-10-25-11-13-33)30-22(21)28-19-8-9-26-16-27-19/h8-9,16-18,25,35H,3-7,10-15H2,1-2H3,(H,26,27,28,29,30). The third-order valence-electron chi connectivity index (χ3n) is 6.99. The molecule has 194 valence electrons. The van der Waals surface area contributed by atoms with Gasteiger partial charge in [0.25, 0.3) is 0 Å². The van der Waals surface area contributed by atoms with Crippen molar-refractivity contribution in [3.05, 3.63) is 18.6 Å². The molecule has 1 saturated heterocycles. The summed E-state index contributed by atoms with van der Waals surface area (Å²) < 4.78 is 7.61. The number of hydrogen-bond acceptors (Lipinski definition) is 11. The zero-order valence-electron chi connectivity index (χ0n) is 21.1. The van der Waals surface area contributed by atoms with E-state index in [2.05, 4.69) is 37.4 Å². The SMILES string of the molecule is CCOCCn1nc(N(C)C2CCC(O)CC2)c2nc(N3CCNCC3)nc(Nc3ccncn3)c21. The topological polar surface area (TPSA) is 129 Å². The Hall–Kier alpha value is -3.09. The lowest BCUT2D eigenvalue weighted by Gasteiger charge is -2.33. The van der Waals surface area contributed by atoms with E-state index in [0.717, 1.165) is 68.7 Å². The molecule has 3 aromatic rings. The van der Waals surface area contributed by atoms with E-state index in [-0.39, 0.29) is 6.10 Å². The van der Waals surface area contributed by atoms with Gasteiger partial charge in [-0.2, -0.15) is 10.1 Å². The quantitative estimate of drug-likeness (QED) is 0.373. The number of anilines is 4. The van der Waals surface area contributed by atoms with Crippen LogP contribution in [-0.2, 0) is 11.3 Å². The number of hydrogen-bond donors (Lipinski definition) is 3. The Labute approximate surface area is 211 Å². The number of nitrogens with one attached hydrogen (secondary N) is 2. The van der Waals surface area contributed by atoms with Crippen LogP contribution in [-0.4, -0.2) is 93.4 Å². The van der Waals surface area contributed by atoms with E-state index in [4.69, 9.17) is 19.8 Å². The molecule has 1 aliphatic carbocycles. The van der Waals surface area contributed by atoms with Gasteiger partial charge >= 0.3 is 0 Å². The van der Waals surface area contributed by atoms with Gasteiger partial charge in [0.15, 0.2) is 11.6 Å². The highest BCUT2D eigenvalue weighted by atomic mass is 16.5. The molecule has 0 atom stereocenters. The molecule has 36 heavy (non-hydrogen) atoms. The predicted octanol–water partition coefficient (Wildman–Crippen LogP) is 1.55. The molecule has 0 unspecified atom stereocenters. The Bertz CT molecular complexity index is 1130. The smallest absolute Gasteiger partial charge is 0.228 e. The molecule has 1 aliphatic heterocycles.